The maximum Gasteiger partial charge on any atom is 0.352 e. The topological polar surface area (TPSA) is 105 Å². The van der Waals surface area contributed by atoms with Crippen LogP contribution in [0.3, 0.4) is 0 Å². The van der Waals surface area contributed by atoms with Crippen molar-refractivity contribution < 1.29 is 38.1 Å². The summed E-state index contributed by atoms with van der Waals surface area (Å²) in [5.74, 6) is -4.09. The molecular weight excluding hydrogens is 632 g/mol. The number of rotatable bonds is 36. The Balaban J connectivity index is 6.02. The first-order valence-corrected chi connectivity index (χ1v) is 21.0. The van der Waals surface area contributed by atoms with Crippen molar-refractivity contribution in [3.63, 3.8) is 0 Å². The molecule has 0 heterocycles. The van der Waals surface area contributed by atoms with E-state index in [1.165, 1.54) is 45.4 Å². The van der Waals surface area contributed by atoms with Crippen molar-refractivity contribution in [2.45, 2.75) is 220 Å². The number of unbranched alkanes of at least 4 members (excludes halogenated alkanes) is 22. The van der Waals surface area contributed by atoms with Gasteiger partial charge in [-0.2, -0.15) is 0 Å². The first-order chi connectivity index (χ1) is 24.3. The molecular formula is C42H78O8. The van der Waals surface area contributed by atoms with Crippen LogP contribution in [-0.4, -0.2) is 49.3 Å². The second kappa shape index (κ2) is 34.0. The summed E-state index contributed by atoms with van der Waals surface area (Å²) in [5, 5.41) is 0. The third-order valence-corrected chi connectivity index (χ3v) is 9.51. The fourth-order valence-electron chi connectivity index (χ4n) is 6.43. The number of carbonyl (C=O) groups excluding carboxylic acids is 4. The Morgan fingerprint density at radius 2 is 0.820 bits per heavy atom. The molecule has 294 valence electrons. The lowest BCUT2D eigenvalue weighted by atomic mass is 9.80. The summed E-state index contributed by atoms with van der Waals surface area (Å²) in [7, 11) is 0. The second-order valence-electron chi connectivity index (χ2n) is 14.3. The molecule has 0 aliphatic rings. The monoisotopic (exact) mass is 711 g/mol. The summed E-state index contributed by atoms with van der Waals surface area (Å²) in [5.41, 5.74) is -2.15. The average Bonchev–Trinajstić information content (AvgIpc) is 3.09. The molecule has 0 aliphatic heterocycles. The fourth-order valence-corrected chi connectivity index (χ4v) is 6.43. The molecule has 50 heavy (non-hydrogen) atoms. The van der Waals surface area contributed by atoms with Gasteiger partial charge in [0, 0.05) is 6.92 Å². The molecule has 8 heteroatoms. The lowest BCUT2D eigenvalue weighted by molar-refractivity contribution is -0.199. The van der Waals surface area contributed by atoms with Crippen molar-refractivity contribution in [1.29, 1.82) is 0 Å². The minimum absolute atomic E-state index is 0.123. The van der Waals surface area contributed by atoms with Crippen molar-refractivity contribution in [2.75, 3.05) is 19.8 Å². The number of hydrogen-bond acceptors (Lipinski definition) is 8. The minimum Gasteiger partial charge on any atom is -0.466 e. The molecule has 0 rings (SSSR count). The van der Waals surface area contributed by atoms with Crippen LogP contribution in [0.1, 0.15) is 214 Å². The van der Waals surface area contributed by atoms with Gasteiger partial charge in [-0.15, -0.1) is 0 Å². The SMILES string of the molecule is CCCCCCCCCCC(C(=O)OCCCCCCCC)C(CC(=O)OCCCCCCCC)(OC(C)=O)C(=O)OCCCCCCCC. The maximum absolute atomic E-state index is 14.1. The molecule has 0 aromatic heterocycles. The van der Waals surface area contributed by atoms with Crippen molar-refractivity contribution in [1.82, 2.24) is 0 Å². The molecule has 0 N–H and O–H groups in total. The van der Waals surface area contributed by atoms with Gasteiger partial charge < -0.3 is 18.9 Å². The summed E-state index contributed by atoms with van der Waals surface area (Å²) >= 11 is 0. The average molecular weight is 711 g/mol. The Morgan fingerprint density at radius 3 is 1.24 bits per heavy atom. The van der Waals surface area contributed by atoms with E-state index in [4.69, 9.17) is 18.9 Å². The first-order valence-electron chi connectivity index (χ1n) is 21.0. The van der Waals surface area contributed by atoms with Crippen LogP contribution < -0.4 is 0 Å². The second-order valence-corrected chi connectivity index (χ2v) is 14.3. The van der Waals surface area contributed by atoms with E-state index in [9.17, 15) is 19.2 Å². The largest absolute Gasteiger partial charge is 0.466 e. The third kappa shape index (κ3) is 24.9. The van der Waals surface area contributed by atoms with E-state index in [1.807, 2.05) is 0 Å². The molecule has 0 saturated heterocycles. The number of ether oxygens (including phenoxy) is 4. The highest BCUT2D eigenvalue weighted by Gasteiger charge is 2.56. The lowest BCUT2D eigenvalue weighted by Gasteiger charge is -2.36. The van der Waals surface area contributed by atoms with Crippen molar-refractivity contribution >= 4 is 23.9 Å². The van der Waals surface area contributed by atoms with E-state index >= 15 is 0 Å². The fraction of sp³-hybridized carbons (Fsp3) is 0.905. The summed E-state index contributed by atoms with van der Waals surface area (Å²) in [6.07, 6.45) is 26.5. The van der Waals surface area contributed by atoms with E-state index in [2.05, 4.69) is 27.7 Å². The maximum atomic E-state index is 14.1. The van der Waals surface area contributed by atoms with Gasteiger partial charge in [0.2, 0.25) is 5.60 Å². The molecule has 0 spiro atoms. The van der Waals surface area contributed by atoms with E-state index < -0.39 is 41.8 Å². The van der Waals surface area contributed by atoms with Gasteiger partial charge in [-0.05, 0) is 25.7 Å². The molecule has 0 aliphatic carbocycles. The molecule has 0 aromatic carbocycles. The van der Waals surface area contributed by atoms with Gasteiger partial charge in [0.1, 0.15) is 5.92 Å². The van der Waals surface area contributed by atoms with Crippen LogP contribution in [0.25, 0.3) is 0 Å². The Hall–Kier alpha value is -2.12. The van der Waals surface area contributed by atoms with Gasteiger partial charge in [-0.3, -0.25) is 14.4 Å². The zero-order valence-electron chi connectivity index (χ0n) is 33.3. The van der Waals surface area contributed by atoms with Crippen LogP contribution in [0.4, 0.5) is 0 Å². The van der Waals surface area contributed by atoms with Crippen LogP contribution in [-0.2, 0) is 38.1 Å². The van der Waals surface area contributed by atoms with Crippen LogP contribution in [0.15, 0.2) is 0 Å². The highest BCUT2D eigenvalue weighted by atomic mass is 16.6. The predicted octanol–water partition coefficient (Wildman–Crippen LogP) is 11.5. The molecule has 2 atom stereocenters. The Bertz CT molecular complexity index is 844. The predicted molar refractivity (Wildman–Crippen MR) is 203 cm³/mol. The van der Waals surface area contributed by atoms with Crippen LogP contribution in [0.2, 0.25) is 0 Å². The highest BCUT2D eigenvalue weighted by Crippen LogP contribution is 2.35. The van der Waals surface area contributed by atoms with Crippen LogP contribution >= 0.6 is 0 Å². The van der Waals surface area contributed by atoms with Crippen molar-refractivity contribution in [2.24, 2.45) is 5.92 Å². The van der Waals surface area contributed by atoms with Crippen molar-refractivity contribution in [3.05, 3.63) is 0 Å². The third-order valence-electron chi connectivity index (χ3n) is 9.51. The Kier molecular flexibility index (Phi) is 32.6. The summed E-state index contributed by atoms with van der Waals surface area (Å²) in [4.78, 5) is 54.1. The first kappa shape index (κ1) is 47.9. The van der Waals surface area contributed by atoms with Gasteiger partial charge in [-0.25, -0.2) is 4.79 Å². The van der Waals surface area contributed by atoms with E-state index in [0.29, 0.717) is 25.7 Å². The Morgan fingerprint density at radius 1 is 0.460 bits per heavy atom. The Labute approximate surface area is 307 Å². The molecule has 2 unspecified atom stereocenters. The standard InChI is InChI=1S/C42H78O8/c1-6-10-14-18-22-23-24-28-32-38(40(45)48-34-30-26-20-16-12-8-3)42(50-37(5)43,41(46)49-35-31-27-21-17-13-9-4)36-39(44)47-33-29-25-19-15-11-7-2/h38H,6-36H2,1-5H3. The number of hydrogen-bond donors (Lipinski definition) is 0. The molecule has 0 fully saturated rings. The minimum atomic E-state index is -2.15. The molecule has 0 saturated carbocycles. The lowest BCUT2D eigenvalue weighted by Crippen LogP contribution is -2.55. The molecule has 0 amide bonds. The van der Waals surface area contributed by atoms with Gasteiger partial charge in [0.25, 0.3) is 0 Å². The summed E-state index contributed by atoms with van der Waals surface area (Å²) in [6, 6.07) is 0. The van der Waals surface area contributed by atoms with Gasteiger partial charge in [0.15, 0.2) is 0 Å². The normalized spacial score (nSPS) is 13.0. The van der Waals surface area contributed by atoms with Gasteiger partial charge in [0.05, 0.1) is 26.2 Å². The van der Waals surface area contributed by atoms with E-state index in [-0.39, 0.29) is 26.2 Å². The molecule has 8 nitrogen and oxygen atoms in total. The highest BCUT2D eigenvalue weighted by molar-refractivity contribution is 5.93. The molecule has 0 bridgehead atoms. The molecule has 0 radical (unpaired) electrons. The quantitative estimate of drug-likeness (QED) is 0.0359. The van der Waals surface area contributed by atoms with Crippen LogP contribution in [0, 0.1) is 5.92 Å². The molecule has 0 aromatic rings. The van der Waals surface area contributed by atoms with Crippen molar-refractivity contribution in [3.8, 4) is 0 Å². The smallest absolute Gasteiger partial charge is 0.352 e. The summed E-state index contributed by atoms with van der Waals surface area (Å²) in [6.45, 7) is 10.4. The van der Waals surface area contributed by atoms with E-state index in [1.54, 1.807) is 0 Å². The van der Waals surface area contributed by atoms with Gasteiger partial charge >= 0.3 is 23.9 Å². The zero-order valence-corrected chi connectivity index (χ0v) is 33.3. The van der Waals surface area contributed by atoms with E-state index in [0.717, 1.165) is 103 Å². The number of carbonyl (C=O) groups is 4. The number of esters is 4. The summed E-state index contributed by atoms with van der Waals surface area (Å²) < 4.78 is 23.0. The zero-order chi connectivity index (χ0) is 37.1. The van der Waals surface area contributed by atoms with Crippen LogP contribution in [0.5, 0.6) is 0 Å². The van der Waals surface area contributed by atoms with Gasteiger partial charge in [-0.1, -0.05) is 175 Å².